The second-order valence-corrected chi connectivity index (χ2v) is 9.18. The van der Waals surface area contributed by atoms with Crippen molar-refractivity contribution in [2.24, 2.45) is 0 Å². The zero-order valence-corrected chi connectivity index (χ0v) is 18.5. The Balaban J connectivity index is 1.28. The number of amides is 1. The smallest absolute Gasteiger partial charge is 0.270 e. The van der Waals surface area contributed by atoms with Crippen molar-refractivity contribution < 1.29 is 4.79 Å². The summed E-state index contributed by atoms with van der Waals surface area (Å²) in [4.78, 5) is 31.0. The fourth-order valence-electron chi connectivity index (χ4n) is 5.50. The Hall–Kier alpha value is -3.20. The number of hydrogen-bond donors (Lipinski definition) is 2. The zero-order chi connectivity index (χ0) is 21.8. The summed E-state index contributed by atoms with van der Waals surface area (Å²) < 4.78 is 2.14. The van der Waals surface area contributed by atoms with E-state index in [1.807, 2.05) is 30.3 Å². The number of rotatable bonds is 3. The molecule has 5 heterocycles. The van der Waals surface area contributed by atoms with Gasteiger partial charge in [-0.15, -0.1) is 0 Å². The second kappa shape index (κ2) is 7.44. The van der Waals surface area contributed by atoms with Crippen molar-refractivity contribution in [2.75, 3.05) is 36.9 Å². The molecule has 0 spiro atoms. The first-order valence-corrected chi connectivity index (χ1v) is 11.4. The minimum atomic E-state index is 0.0696. The van der Waals surface area contributed by atoms with Crippen LogP contribution in [0.2, 0.25) is 0 Å². The van der Waals surface area contributed by atoms with Crippen LogP contribution in [0.4, 0.5) is 17.5 Å². The number of hydrogen-bond acceptors (Lipinski definition) is 7. The minimum absolute atomic E-state index is 0.0696. The molecule has 6 rings (SSSR count). The largest absolute Gasteiger partial charge is 0.367 e. The standard InChI is InChI=1S/C23H28N8O/c1-14-13-30(9-8-24-14)16-6-7-20(25-12-16)27-23-26-11-15-10-19-22(32)29(2)17-4-3-5-18(17)31(19)21(15)28-23/h6-7,10-12,14,17-18,24H,3-5,8-9,13H2,1-2H3,(H,25,26,27,28)/t14-,17?,18?/m1/s1. The van der Waals surface area contributed by atoms with Gasteiger partial charge in [0.15, 0.2) is 0 Å². The summed E-state index contributed by atoms with van der Waals surface area (Å²) in [6.07, 6.45) is 6.94. The molecule has 32 heavy (non-hydrogen) atoms. The van der Waals surface area contributed by atoms with Crippen LogP contribution in [0.25, 0.3) is 11.0 Å². The van der Waals surface area contributed by atoms with Crippen LogP contribution in [-0.4, -0.2) is 69.1 Å². The number of nitrogens with zero attached hydrogens (tertiary/aromatic N) is 6. The lowest BCUT2D eigenvalue weighted by molar-refractivity contribution is 0.0632. The number of piperazine rings is 1. The van der Waals surface area contributed by atoms with Gasteiger partial charge >= 0.3 is 0 Å². The summed E-state index contributed by atoms with van der Waals surface area (Å²) >= 11 is 0. The van der Waals surface area contributed by atoms with E-state index in [-0.39, 0.29) is 18.0 Å². The SMILES string of the molecule is C[C@@H]1CN(c2ccc(Nc3ncc4cc5n(c4n3)C3CCCC3N(C)C5=O)nc2)CCN1. The van der Waals surface area contributed by atoms with Crippen molar-refractivity contribution >= 4 is 34.4 Å². The Bertz CT molecular complexity index is 1170. The molecule has 3 aromatic heterocycles. The summed E-state index contributed by atoms with van der Waals surface area (Å²) in [6.45, 7) is 5.14. The van der Waals surface area contributed by atoms with Gasteiger partial charge in [0.25, 0.3) is 5.91 Å². The molecular formula is C23H28N8O. The van der Waals surface area contributed by atoms with E-state index in [1.54, 1.807) is 6.20 Å². The van der Waals surface area contributed by atoms with Crippen molar-refractivity contribution in [3.05, 3.63) is 36.3 Å². The normalized spacial score (nSPS) is 25.2. The molecule has 1 saturated carbocycles. The molecule has 1 aliphatic carbocycles. The molecule has 3 aromatic rings. The summed E-state index contributed by atoms with van der Waals surface area (Å²) in [5, 5.41) is 7.60. The summed E-state index contributed by atoms with van der Waals surface area (Å²) in [5.74, 6) is 1.27. The highest BCUT2D eigenvalue weighted by molar-refractivity contribution is 5.99. The van der Waals surface area contributed by atoms with Gasteiger partial charge in [-0.1, -0.05) is 0 Å². The molecule has 0 radical (unpaired) electrons. The van der Waals surface area contributed by atoms with Gasteiger partial charge < -0.3 is 25.0 Å². The number of aromatic nitrogens is 4. The topological polar surface area (TPSA) is 91.2 Å². The van der Waals surface area contributed by atoms with Crippen LogP contribution in [0, 0.1) is 0 Å². The lowest BCUT2D eigenvalue weighted by Crippen LogP contribution is -2.49. The first kappa shape index (κ1) is 19.5. The van der Waals surface area contributed by atoms with E-state index in [9.17, 15) is 4.79 Å². The number of fused-ring (bicyclic) bond motifs is 5. The third kappa shape index (κ3) is 3.10. The number of likely N-dealkylation sites (N-methyl/N-ethyl adjacent to an activating group) is 1. The first-order valence-electron chi connectivity index (χ1n) is 11.4. The molecule has 2 N–H and O–H groups in total. The first-order chi connectivity index (χ1) is 15.6. The Morgan fingerprint density at radius 1 is 1.16 bits per heavy atom. The van der Waals surface area contributed by atoms with Crippen LogP contribution in [0.15, 0.2) is 30.6 Å². The summed E-state index contributed by atoms with van der Waals surface area (Å²) in [7, 11) is 1.92. The van der Waals surface area contributed by atoms with Crippen LogP contribution >= 0.6 is 0 Å². The molecule has 9 nitrogen and oxygen atoms in total. The number of carbonyl (C=O) groups excluding carboxylic acids is 1. The number of carbonyl (C=O) groups is 1. The van der Waals surface area contributed by atoms with Gasteiger partial charge in [0.05, 0.1) is 24.0 Å². The van der Waals surface area contributed by atoms with Crippen LogP contribution in [-0.2, 0) is 0 Å². The summed E-state index contributed by atoms with van der Waals surface area (Å²) in [6, 6.07) is 6.98. The third-order valence-electron chi connectivity index (χ3n) is 7.11. The van der Waals surface area contributed by atoms with Crippen molar-refractivity contribution in [2.45, 2.75) is 44.3 Å². The maximum atomic E-state index is 12.9. The van der Waals surface area contributed by atoms with E-state index in [0.717, 1.165) is 55.6 Å². The van der Waals surface area contributed by atoms with Gasteiger partial charge in [-0.3, -0.25) is 4.79 Å². The van der Waals surface area contributed by atoms with E-state index in [0.29, 0.717) is 23.5 Å². The maximum absolute atomic E-state index is 12.9. The lowest BCUT2D eigenvalue weighted by atomic mass is 10.1. The number of pyridine rings is 1. The van der Waals surface area contributed by atoms with Gasteiger partial charge in [-0.25, -0.2) is 9.97 Å². The van der Waals surface area contributed by atoms with Crippen molar-refractivity contribution in [1.82, 2.24) is 29.7 Å². The van der Waals surface area contributed by atoms with Crippen molar-refractivity contribution in [1.29, 1.82) is 0 Å². The molecule has 1 amide bonds. The highest BCUT2D eigenvalue weighted by Crippen LogP contribution is 2.41. The maximum Gasteiger partial charge on any atom is 0.270 e. The quantitative estimate of drug-likeness (QED) is 0.657. The van der Waals surface area contributed by atoms with Crippen LogP contribution < -0.4 is 15.5 Å². The minimum Gasteiger partial charge on any atom is -0.367 e. The molecule has 1 saturated heterocycles. The molecule has 2 unspecified atom stereocenters. The number of anilines is 3. The molecule has 166 valence electrons. The highest BCUT2D eigenvalue weighted by Gasteiger charge is 2.41. The molecule has 0 bridgehead atoms. The second-order valence-electron chi connectivity index (χ2n) is 9.18. The predicted octanol–water partition coefficient (Wildman–Crippen LogP) is 2.55. The Morgan fingerprint density at radius 2 is 2.03 bits per heavy atom. The fraction of sp³-hybridized carbons (Fsp3) is 0.478. The molecule has 3 aliphatic rings. The van der Waals surface area contributed by atoms with Gasteiger partial charge in [-0.2, -0.15) is 4.98 Å². The Labute approximate surface area is 186 Å². The lowest BCUT2D eigenvalue weighted by Gasteiger charge is -2.36. The van der Waals surface area contributed by atoms with Crippen LogP contribution in [0.3, 0.4) is 0 Å². The Kier molecular flexibility index (Phi) is 4.53. The monoisotopic (exact) mass is 432 g/mol. The molecule has 3 atom stereocenters. The average molecular weight is 433 g/mol. The van der Waals surface area contributed by atoms with Crippen molar-refractivity contribution in [3.63, 3.8) is 0 Å². The van der Waals surface area contributed by atoms with Crippen molar-refractivity contribution in [3.8, 4) is 0 Å². The summed E-state index contributed by atoms with van der Waals surface area (Å²) in [5.41, 5.74) is 2.66. The predicted molar refractivity (Wildman–Crippen MR) is 123 cm³/mol. The Morgan fingerprint density at radius 3 is 2.84 bits per heavy atom. The van der Waals surface area contributed by atoms with Crippen LogP contribution in [0.1, 0.15) is 42.7 Å². The van der Waals surface area contributed by atoms with E-state index < -0.39 is 0 Å². The fourth-order valence-corrected chi connectivity index (χ4v) is 5.50. The third-order valence-corrected chi connectivity index (χ3v) is 7.11. The van der Waals surface area contributed by atoms with Gasteiger partial charge in [0.1, 0.15) is 17.2 Å². The van der Waals surface area contributed by atoms with E-state index in [2.05, 4.69) is 43.1 Å². The zero-order valence-electron chi connectivity index (χ0n) is 18.5. The highest BCUT2D eigenvalue weighted by atomic mass is 16.2. The van der Waals surface area contributed by atoms with Gasteiger partial charge in [-0.05, 0) is 44.4 Å². The average Bonchev–Trinajstić information content (AvgIpc) is 3.43. The van der Waals surface area contributed by atoms with E-state index in [4.69, 9.17) is 4.98 Å². The molecule has 0 aromatic carbocycles. The van der Waals surface area contributed by atoms with Crippen LogP contribution in [0.5, 0.6) is 0 Å². The molecule has 2 aliphatic heterocycles. The molecule has 9 heteroatoms. The molecule has 2 fully saturated rings. The number of nitrogens with one attached hydrogen (secondary N) is 2. The van der Waals surface area contributed by atoms with Gasteiger partial charge in [0.2, 0.25) is 5.95 Å². The van der Waals surface area contributed by atoms with Gasteiger partial charge in [0, 0.05) is 44.3 Å². The van der Waals surface area contributed by atoms with E-state index >= 15 is 0 Å². The van der Waals surface area contributed by atoms with E-state index in [1.165, 1.54) is 0 Å². The molecular weight excluding hydrogens is 404 g/mol.